The molecular formula is C48H76O18. The fourth-order valence-corrected chi connectivity index (χ4v) is 15.0. The maximum Gasteiger partial charge on any atom is 0.335 e. The summed E-state index contributed by atoms with van der Waals surface area (Å²) >= 11 is 0. The van der Waals surface area contributed by atoms with Crippen LogP contribution in [-0.4, -0.2) is 168 Å². The number of carbonyl (C=O) groups excluding carboxylic acids is 1. The molecule has 18 heteroatoms. The topological polar surface area (TPSA) is 292 Å². The van der Waals surface area contributed by atoms with E-state index in [2.05, 4.69) is 54.5 Å². The normalized spacial score (nSPS) is 53.2. The van der Waals surface area contributed by atoms with Gasteiger partial charge in [0.25, 0.3) is 0 Å². The quantitative estimate of drug-likeness (QED) is 0.0931. The Morgan fingerprint density at radius 3 is 1.97 bits per heavy atom. The van der Waals surface area contributed by atoms with Crippen molar-refractivity contribution in [2.45, 2.75) is 218 Å². The molecule has 18 nitrogen and oxygen atoms in total. The molecule has 0 aromatic rings. The van der Waals surface area contributed by atoms with Crippen molar-refractivity contribution in [1.82, 2.24) is 0 Å². The maximum absolute atomic E-state index is 14.7. The number of aliphatic hydroxyl groups excluding tert-OH is 9. The van der Waals surface area contributed by atoms with E-state index in [4.69, 9.17) is 28.4 Å². The van der Waals surface area contributed by atoms with Crippen molar-refractivity contribution >= 4 is 11.9 Å². The van der Waals surface area contributed by atoms with E-state index >= 15 is 0 Å². The number of carbonyl (C=O) groups is 2. The van der Waals surface area contributed by atoms with Gasteiger partial charge in [-0.25, -0.2) is 4.79 Å². The first kappa shape index (κ1) is 50.5. The van der Waals surface area contributed by atoms with E-state index in [9.17, 15) is 60.7 Å². The van der Waals surface area contributed by atoms with Gasteiger partial charge in [0.1, 0.15) is 61.0 Å². The summed E-state index contributed by atoms with van der Waals surface area (Å²) < 4.78 is 35.2. The molecule has 8 aliphatic rings. The number of allylic oxidation sites excluding steroid dienone is 2. The molecule has 4 saturated carbocycles. The van der Waals surface area contributed by atoms with Crippen LogP contribution in [0.4, 0.5) is 0 Å². The Kier molecular flexibility index (Phi) is 13.4. The van der Waals surface area contributed by atoms with Crippen LogP contribution in [0, 0.1) is 50.2 Å². The predicted molar refractivity (Wildman–Crippen MR) is 229 cm³/mol. The summed E-state index contributed by atoms with van der Waals surface area (Å²) in [6, 6.07) is 0. The number of aliphatic carboxylic acids is 1. The van der Waals surface area contributed by atoms with Crippen molar-refractivity contribution in [3.63, 3.8) is 0 Å². The third-order valence-corrected chi connectivity index (χ3v) is 19.2. The summed E-state index contributed by atoms with van der Waals surface area (Å²) in [4.78, 5) is 27.2. The van der Waals surface area contributed by atoms with Gasteiger partial charge in [-0.05, 0) is 116 Å². The summed E-state index contributed by atoms with van der Waals surface area (Å²) in [5.41, 5.74) is -0.814. The first-order chi connectivity index (χ1) is 30.7. The Morgan fingerprint density at radius 2 is 1.30 bits per heavy atom. The number of rotatable bonds is 8. The number of fused-ring (bicyclic) bond motifs is 7. The highest BCUT2D eigenvalue weighted by molar-refractivity contribution is 5.79. The van der Waals surface area contributed by atoms with Gasteiger partial charge in [-0.3, -0.25) is 4.79 Å². The largest absolute Gasteiger partial charge is 0.479 e. The minimum absolute atomic E-state index is 0.0659. The van der Waals surface area contributed by atoms with Crippen molar-refractivity contribution in [2.75, 3.05) is 6.61 Å². The second kappa shape index (κ2) is 17.5. The third-order valence-electron chi connectivity index (χ3n) is 19.2. The highest BCUT2D eigenvalue weighted by Crippen LogP contribution is 2.76. The summed E-state index contributed by atoms with van der Waals surface area (Å²) in [6.07, 6.45) is -14.8. The SMILES string of the molecule is C[C@@H]1O[C@@H](O[C@H]2[C@H](O)[C@@H](O)[C@H](O[C@H]3CC[C@]4(C)[C@H]5CC=C6[C@H]7CC(C)(C)CC[C@]7(C(=O)O[C@@H]7O[C@H](CO)[C@@H](O)[C@H](O)[C@H]7O)CC[C@@]6(C)[C@]5(C)CC[C@H]4C3(C)C)O[C@@H]2C(=O)O)[C@H](O)[C@H](O)[C@H]1O. The van der Waals surface area contributed by atoms with Crippen LogP contribution in [0.2, 0.25) is 0 Å². The number of carboxylic acids is 1. The number of hydrogen-bond acceptors (Lipinski definition) is 17. The van der Waals surface area contributed by atoms with Crippen molar-refractivity contribution in [3.8, 4) is 0 Å². The molecule has 8 rings (SSSR count). The Hall–Kier alpha value is -1.88. The molecule has 0 amide bonds. The molecule has 7 fully saturated rings. The predicted octanol–water partition coefficient (Wildman–Crippen LogP) is 1.26. The van der Waals surface area contributed by atoms with E-state index in [1.165, 1.54) is 12.5 Å². The summed E-state index contributed by atoms with van der Waals surface area (Å²) in [6.45, 7) is 16.7. The van der Waals surface area contributed by atoms with Crippen LogP contribution in [0.5, 0.6) is 0 Å². The van der Waals surface area contributed by atoms with Crippen LogP contribution in [0.25, 0.3) is 0 Å². The molecule has 3 heterocycles. The van der Waals surface area contributed by atoms with Crippen LogP contribution < -0.4 is 0 Å². The Bertz CT molecular complexity index is 1860. The van der Waals surface area contributed by atoms with Gasteiger partial charge in [0.2, 0.25) is 6.29 Å². The fourth-order valence-electron chi connectivity index (χ4n) is 15.0. The number of ether oxygens (including phenoxy) is 6. The molecule has 0 radical (unpaired) electrons. The molecule has 3 saturated heterocycles. The van der Waals surface area contributed by atoms with Gasteiger partial charge in [-0.1, -0.05) is 60.1 Å². The van der Waals surface area contributed by atoms with Crippen molar-refractivity contribution < 1.29 is 89.1 Å². The Morgan fingerprint density at radius 1 is 0.682 bits per heavy atom. The molecule has 23 atom stereocenters. The molecule has 66 heavy (non-hydrogen) atoms. The van der Waals surface area contributed by atoms with Crippen molar-refractivity contribution in [3.05, 3.63) is 11.6 Å². The van der Waals surface area contributed by atoms with E-state index in [0.717, 1.165) is 44.9 Å². The van der Waals surface area contributed by atoms with Gasteiger partial charge >= 0.3 is 11.9 Å². The van der Waals surface area contributed by atoms with Crippen LogP contribution in [-0.2, 0) is 38.0 Å². The van der Waals surface area contributed by atoms with E-state index in [-0.39, 0.29) is 39.4 Å². The first-order valence-corrected chi connectivity index (χ1v) is 24.2. The Balaban J connectivity index is 1.01. The minimum atomic E-state index is -1.85. The molecular weight excluding hydrogens is 865 g/mol. The Labute approximate surface area is 386 Å². The average Bonchev–Trinajstić information content (AvgIpc) is 3.25. The zero-order valence-electron chi connectivity index (χ0n) is 39.6. The average molecular weight is 941 g/mol. The molecule has 0 bridgehead atoms. The third kappa shape index (κ3) is 7.74. The zero-order chi connectivity index (χ0) is 48.4. The standard InChI is InChI=1S/C48H76O18/c1-21-28(50)30(52)33(55)39(61-21)64-36-32(54)35(57)41(65-37(36)38(58)59)63-27-12-13-45(6)25(44(27,4)5)11-14-47(8)26(45)10-9-22-23-19-43(2,3)15-17-48(23,18-16-46(22,47)7)42(60)66-40-34(56)31(53)29(51)24(20-49)62-40/h9,21,23-37,39-41,49-57H,10-20H2,1-8H3,(H,58,59)/t21-,23+,24+,25-,26+,27-,28-,29+,30+,31-,32+,33+,34+,35+,36-,37-,39-,40-,41+,45-,46+,47+,48-/m0/s1. The van der Waals surface area contributed by atoms with E-state index < -0.39 is 128 Å². The molecule has 0 aromatic carbocycles. The minimum Gasteiger partial charge on any atom is -0.479 e. The zero-order valence-corrected chi connectivity index (χ0v) is 39.6. The summed E-state index contributed by atoms with van der Waals surface area (Å²) in [5.74, 6) is -1.78. The van der Waals surface area contributed by atoms with E-state index in [1.54, 1.807) is 0 Å². The molecule has 3 aliphatic heterocycles. The van der Waals surface area contributed by atoms with Gasteiger partial charge in [-0.2, -0.15) is 0 Å². The summed E-state index contributed by atoms with van der Waals surface area (Å²) in [5, 5.41) is 105. The van der Waals surface area contributed by atoms with Gasteiger partial charge in [0.05, 0.1) is 24.2 Å². The summed E-state index contributed by atoms with van der Waals surface area (Å²) in [7, 11) is 0. The second-order valence-corrected chi connectivity index (χ2v) is 23.5. The van der Waals surface area contributed by atoms with Gasteiger partial charge in [0, 0.05) is 0 Å². The van der Waals surface area contributed by atoms with Crippen molar-refractivity contribution in [2.24, 2.45) is 50.2 Å². The maximum atomic E-state index is 14.7. The fraction of sp³-hybridized carbons (Fsp3) is 0.917. The number of aliphatic hydroxyl groups is 9. The van der Waals surface area contributed by atoms with E-state index in [1.807, 2.05) is 0 Å². The van der Waals surface area contributed by atoms with Crippen LogP contribution in [0.1, 0.15) is 120 Å². The van der Waals surface area contributed by atoms with Crippen LogP contribution in [0.15, 0.2) is 11.6 Å². The molecule has 5 aliphatic carbocycles. The highest BCUT2D eigenvalue weighted by atomic mass is 16.7. The van der Waals surface area contributed by atoms with Crippen molar-refractivity contribution in [1.29, 1.82) is 0 Å². The smallest absolute Gasteiger partial charge is 0.335 e. The van der Waals surface area contributed by atoms with Crippen LogP contribution >= 0.6 is 0 Å². The van der Waals surface area contributed by atoms with Gasteiger partial charge < -0.3 is 79.5 Å². The monoisotopic (exact) mass is 941 g/mol. The molecule has 0 unspecified atom stereocenters. The lowest BCUT2D eigenvalue weighted by Gasteiger charge is -2.71. The molecule has 10 N–H and O–H groups in total. The lowest BCUT2D eigenvalue weighted by Crippen LogP contribution is -2.67. The first-order valence-electron chi connectivity index (χ1n) is 24.2. The van der Waals surface area contributed by atoms with Crippen LogP contribution in [0.3, 0.4) is 0 Å². The molecule has 376 valence electrons. The molecule has 0 spiro atoms. The van der Waals surface area contributed by atoms with E-state index in [0.29, 0.717) is 19.3 Å². The van der Waals surface area contributed by atoms with Gasteiger partial charge in [-0.15, -0.1) is 0 Å². The lowest BCUT2D eigenvalue weighted by molar-refractivity contribution is -0.361. The molecule has 0 aromatic heterocycles. The second-order valence-electron chi connectivity index (χ2n) is 23.5. The lowest BCUT2D eigenvalue weighted by atomic mass is 9.33. The number of esters is 1. The highest BCUT2D eigenvalue weighted by Gasteiger charge is 2.70. The van der Waals surface area contributed by atoms with Gasteiger partial charge in [0.15, 0.2) is 18.7 Å². The number of hydrogen-bond donors (Lipinski definition) is 10. The number of carboxylic acid groups (broad SMARTS) is 1.